The molecule has 148 valence electrons. The number of thioether (sulfide) groups is 1. The Kier molecular flexibility index (Phi) is 6.97. The monoisotopic (exact) mass is 414 g/mol. The van der Waals surface area contributed by atoms with E-state index in [1.807, 2.05) is 25.1 Å². The molecule has 3 rings (SSSR count). The van der Waals surface area contributed by atoms with E-state index in [0.29, 0.717) is 13.0 Å². The average Bonchev–Trinajstić information content (AvgIpc) is 2.99. The molecule has 3 aromatic rings. The summed E-state index contributed by atoms with van der Waals surface area (Å²) in [4.78, 5) is 17.9. The summed E-state index contributed by atoms with van der Waals surface area (Å²) in [5, 5.41) is 0. The third-order valence-electron chi connectivity index (χ3n) is 4.63. The number of benzene rings is 2. The van der Waals surface area contributed by atoms with Gasteiger partial charge in [-0.3, -0.25) is 4.79 Å². The number of aromatic nitrogens is 1. The maximum absolute atomic E-state index is 12.6. The van der Waals surface area contributed by atoms with Gasteiger partial charge in [-0.2, -0.15) is 16.8 Å². The quantitative estimate of drug-likeness (QED) is 0.560. The largest absolute Gasteiger partial charge is 0.494 e. The van der Waals surface area contributed by atoms with Crippen molar-refractivity contribution in [2.24, 2.45) is 4.99 Å². The molecule has 28 heavy (non-hydrogen) atoms. The first kappa shape index (κ1) is 20.7. The third-order valence-corrected chi connectivity index (χ3v) is 6.26. The van der Waals surface area contributed by atoms with Crippen LogP contribution in [0.15, 0.2) is 41.4 Å². The van der Waals surface area contributed by atoms with Gasteiger partial charge in [0, 0.05) is 12.3 Å². The molecule has 2 aromatic carbocycles. The fraction of sp³-hybridized carbons (Fsp3) is 0.364. The molecule has 1 heterocycles. The average molecular weight is 415 g/mol. The van der Waals surface area contributed by atoms with Crippen LogP contribution in [0.3, 0.4) is 0 Å². The van der Waals surface area contributed by atoms with E-state index in [4.69, 9.17) is 4.74 Å². The second-order valence-corrected chi connectivity index (χ2v) is 8.69. The van der Waals surface area contributed by atoms with Crippen molar-refractivity contribution in [3.8, 4) is 5.75 Å². The highest BCUT2D eigenvalue weighted by Gasteiger charge is 2.10. The smallest absolute Gasteiger partial charge is 0.252 e. The molecular formula is C22H26N2O2S2. The summed E-state index contributed by atoms with van der Waals surface area (Å²) >= 11 is 3.33. The summed E-state index contributed by atoms with van der Waals surface area (Å²) < 4.78 is 8.85. The van der Waals surface area contributed by atoms with Gasteiger partial charge in [0.25, 0.3) is 5.91 Å². The van der Waals surface area contributed by atoms with E-state index in [2.05, 4.69) is 47.9 Å². The highest BCUT2D eigenvalue weighted by atomic mass is 32.2. The number of carbonyl (C=O) groups excluding carboxylic acids is 1. The molecule has 0 atom stereocenters. The minimum atomic E-state index is -0.113. The van der Waals surface area contributed by atoms with Crippen LogP contribution in [0.25, 0.3) is 10.2 Å². The molecule has 0 aliphatic heterocycles. The number of rotatable bonds is 7. The molecule has 0 aliphatic rings. The summed E-state index contributed by atoms with van der Waals surface area (Å²) in [6.07, 6.45) is 2.41. The highest BCUT2D eigenvalue weighted by molar-refractivity contribution is 7.98. The minimum absolute atomic E-state index is 0.113. The summed E-state index contributed by atoms with van der Waals surface area (Å²) in [6, 6.07) is 12.2. The van der Waals surface area contributed by atoms with Gasteiger partial charge in [-0.05, 0) is 61.9 Å². The molecule has 0 radical (unpaired) electrons. The number of nitrogens with zero attached hydrogens (tertiary/aromatic N) is 2. The Bertz CT molecular complexity index is 1050. The standard InChI is InChI=1S/C22H26N2O2S2/c1-5-26-18-8-9-19-20(14-18)28-22(24(19)10-11-27-4)23-21(25)13-17-7-6-15(2)16(3)12-17/h6-9,12,14H,5,10-11,13H2,1-4H3. The second kappa shape index (κ2) is 9.43. The zero-order valence-corrected chi connectivity index (χ0v) is 18.5. The molecule has 0 aliphatic carbocycles. The van der Waals surface area contributed by atoms with Crippen molar-refractivity contribution in [3.63, 3.8) is 0 Å². The van der Waals surface area contributed by atoms with E-state index < -0.39 is 0 Å². The summed E-state index contributed by atoms with van der Waals surface area (Å²) in [5.41, 5.74) is 4.54. The number of hydrogen-bond donors (Lipinski definition) is 0. The van der Waals surface area contributed by atoms with Crippen molar-refractivity contribution >= 4 is 39.2 Å². The van der Waals surface area contributed by atoms with Crippen LogP contribution < -0.4 is 9.54 Å². The molecule has 0 saturated carbocycles. The number of amides is 1. The van der Waals surface area contributed by atoms with E-state index in [9.17, 15) is 4.79 Å². The molecule has 1 amide bonds. The fourth-order valence-electron chi connectivity index (χ4n) is 3.03. The number of fused-ring (bicyclic) bond motifs is 1. The van der Waals surface area contributed by atoms with Crippen LogP contribution in [-0.4, -0.2) is 29.1 Å². The van der Waals surface area contributed by atoms with Crippen LogP contribution >= 0.6 is 23.1 Å². The Labute approximate surface area is 174 Å². The van der Waals surface area contributed by atoms with Crippen LogP contribution in [0.2, 0.25) is 0 Å². The Morgan fingerprint density at radius 3 is 2.71 bits per heavy atom. The van der Waals surface area contributed by atoms with Gasteiger partial charge in [-0.15, -0.1) is 0 Å². The van der Waals surface area contributed by atoms with Gasteiger partial charge in [0.15, 0.2) is 4.80 Å². The Morgan fingerprint density at radius 1 is 1.18 bits per heavy atom. The second-order valence-electron chi connectivity index (χ2n) is 6.69. The van der Waals surface area contributed by atoms with Gasteiger partial charge in [0.05, 0.1) is 23.2 Å². The first-order valence-electron chi connectivity index (χ1n) is 9.40. The van der Waals surface area contributed by atoms with Crippen LogP contribution in [-0.2, 0) is 17.8 Å². The van der Waals surface area contributed by atoms with E-state index in [1.54, 1.807) is 23.1 Å². The lowest BCUT2D eigenvalue weighted by Gasteiger charge is -2.06. The Balaban J connectivity index is 1.96. The maximum atomic E-state index is 12.6. The van der Waals surface area contributed by atoms with Crippen molar-refractivity contribution in [2.75, 3.05) is 18.6 Å². The number of hydrogen-bond acceptors (Lipinski definition) is 4. The fourth-order valence-corrected chi connectivity index (χ4v) is 4.50. The summed E-state index contributed by atoms with van der Waals surface area (Å²) in [5.74, 6) is 1.71. The summed E-state index contributed by atoms with van der Waals surface area (Å²) in [7, 11) is 0. The van der Waals surface area contributed by atoms with Crippen molar-refractivity contribution < 1.29 is 9.53 Å². The van der Waals surface area contributed by atoms with E-state index in [0.717, 1.165) is 38.6 Å². The molecule has 0 saturated heterocycles. The van der Waals surface area contributed by atoms with Crippen molar-refractivity contribution in [2.45, 2.75) is 33.7 Å². The van der Waals surface area contributed by atoms with Gasteiger partial charge in [-0.25, -0.2) is 0 Å². The Morgan fingerprint density at radius 2 is 2.00 bits per heavy atom. The zero-order chi connectivity index (χ0) is 20.1. The van der Waals surface area contributed by atoms with Crippen LogP contribution in [0, 0.1) is 13.8 Å². The number of aryl methyl sites for hydroxylation is 3. The topological polar surface area (TPSA) is 43.6 Å². The molecule has 0 N–H and O–H groups in total. The van der Waals surface area contributed by atoms with Gasteiger partial charge >= 0.3 is 0 Å². The molecule has 0 bridgehead atoms. The molecule has 4 nitrogen and oxygen atoms in total. The first-order chi connectivity index (χ1) is 13.5. The molecule has 0 spiro atoms. The van der Waals surface area contributed by atoms with E-state index in [-0.39, 0.29) is 5.91 Å². The molecule has 0 fully saturated rings. The predicted octanol–water partition coefficient (Wildman–Crippen LogP) is 4.75. The number of thiazole rings is 1. The van der Waals surface area contributed by atoms with Gasteiger partial charge < -0.3 is 9.30 Å². The lowest BCUT2D eigenvalue weighted by Crippen LogP contribution is -2.18. The van der Waals surface area contributed by atoms with E-state index in [1.165, 1.54) is 11.1 Å². The molecular weight excluding hydrogens is 388 g/mol. The van der Waals surface area contributed by atoms with Crippen LogP contribution in [0.1, 0.15) is 23.6 Å². The number of ether oxygens (including phenoxy) is 1. The van der Waals surface area contributed by atoms with Crippen molar-refractivity contribution in [1.29, 1.82) is 0 Å². The highest BCUT2D eigenvalue weighted by Crippen LogP contribution is 2.24. The maximum Gasteiger partial charge on any atom is 0.252 e. The summed E-state index contributed by atoms with van der Waals surface area (Å²) in [6.45, 7) is 7.58. The van der Waals surface area contributed by atoms with Crippen LogP contribution in [0.4, 0.5) is 0 Å². The third kappa shape index (κ3) is 4.86. The van der Waals surface area contributed by atoms with Gasteiger partial charge in [-0.1, -0.05) is 29.5 Å². The van der Waals surface area contributed by atoms with Crippen molar-refractivity contribution in [1.82, 2.24) is 4.57 Å². The Hall–Kier alpha value is -2.05. The molecule has 0 unspecified atom stereocenters. The van der Waals surface area contributed by atoms with Gasteiger partial charge in [0.1, 0.15) is 5.75 Å². The van der Waals surface area contributed by atoms with Gasteiger partial charge in [0.2, 0.25) is 0 Å². The predicted molar refractivity (Wildman–Crippen MR) is 120 cm³/mol. The lowest BCUT2D eigenvalue weighted by atomic mass is 10.0. The van der Waals surface area contributed by atoms with Crippen LogP contribution in [0.5, 0.6) is 5.75 Å². The zero-order valence-electron chi connectivity index (χ0n) is 16.8. The SMILES string of the molecule is CCOc1ccc2c(c1)sc(=NC(=O)Cc1ccc(C)c(C)c1)n2CCSC. The lowest BCUT2D eigenvalue weighted by molar-refractivity contribution is -0.117. The normalized spacial score (nSPS) is 11.9. The minimum Gasteiger partial charge on any atom is -0.494 e. The molecule has 6 heteroatoms. The molecule has 1 aromatic heterocycles. The number of carbonyl (C=O) groups is 1. The first-order valence-corrected chi connectivity index (χ1v) is 11.6. The van der Waals surface area contributed by atoms with E-state index >= 15 is 0 Å². The van der Waals surface area contributed by atoms with Crippen molar-refractivity contribution in [3.05, 3.63) is 57.9 Å².